The van der Waals surface area contributed by atoms with Crippen LogP contribution in [0, 0.1) is 24.0 Å². The SMILES string of the molecule is Cc1ccc(C(=O)[C@H](OC(=O)c2cccc([N+](=O)[O-])c2C)c2ccccc2)cc1. The maximum atomic E-state index is 13.1. The Morgan fingerprint density at radius 2 is 1.55 bits per heavy atom. The normalized spacial score (nSPS) is 11.5. The minimum atomic E-state index is -1.16. The van der Waals surface area contributed by atoms with E-state index in [0.29, 0.717) is 11.1 Å². The molecule has 0 heterocycles. The second kappa shape index (κ2) is 8.48. The summed E-state index contributed by atoms with van der Waals surface area (Å²) in [5.74, 6) is -1.16. The summed E-state index contributed by atoms with van der Waals surface area (Å²) in [6.07, 6.45) is -1.16. The smallest absolute Gasteiger partial charge is 0.339 e. The lowest BCUT2D eigenvalue weighted by atomic mass is 9.98. The monoisotopic (exact) mass is 389 g/mol. The number of esters is 1. The van der Waals surface area contributed by atoms with Crippen molar-refractivity contribution in [3.05, 3.63) is 111 Å². The molecule has 3 aromatic rings. The van der Waals surface area contributed by atoms with E-state index in [-0.39, 0.29) is 22.6 Å². The summed E-state index contributed by atoms with van der Waals surface area (Å²) in [4.78, 5) is 36.5. The van der Waals surface area contributed by atoms with Gasteiger partial charge in [0.25, 0.3) is 5.69 Å². The highest BCUT2D eigenvalue weighted by atomic mass is 16.6. The van der Waals surface area contributed by atoms with Crippen molar-refractivity contribution in [1.82, 2.24) is 0 Å². The van der Waals surface area contributed by atoms with Crippen LogP contribution in [0.15, 0.2) is 72.8 Å². The van der Waals surface area contributed by atoms with E-state index < -0.39 is 17.0 Å². The number of hydrogen-bond donors (Lipinski definition) is 0. The van der Waals surface area contributed by atoms with Gasteiger partial charge >= 0.3 is 5.97 Å². The van der Waals surface area contributed by atoms with Gasteiger partial charge in [-0.2, -0.15) is 0 Å². The van der Waals surface area contributed by atoms with E-state index in [0.717, 1.165) is 5.56 Å². The molecule has 0 saturated carbocycles. The van der Waals surface area contributed by atoms with Crippen molar-refractivity contribution in [2.45, 2.75) is 20.0 Å². The first-order valence-electron chi connectivity index (χ1n) is 8.99. The average Bonchev–Trinajstić information content (AvgIpc) is 2.72. The van der Waals surface area contributed by atoms with Crippen molar-refractivity contribution in [2.75, 3.05) is 0 Å². The fourth-order valence-corrected chi connectivity index (χ4v) is 2.98. The number of benzene rings is 3. The predicted octanol–water partition coefficient (Wildman–Crippen LogP) is 4.99. The van der Waals surface area contributed by atoms with Crippen molar-refractivity contribution in [3.8, 4) is 0 Å². The van der Waals surface area contributed by atoms with E-state index in [1.165, 1.54) is 25.1 Å². The molecule has 146 valence electrons. The molecule has 0 spiro atoms. The zero-order valence-electron chi connectivity index (χ0n) is 16.0. The molecule has 0 bridgehead atoms. The number of rotatable bonds is 6. The third-order valence-electron chi connectivity index (χ3n) is 4.62. The quantitative estimate of drug-likeness (QED) is 0.256. The molecule has 0 radical (unpaired) electrons. The second-order valence-corrected chi connectivity index (χ2v) is 6.63. The molecule has 0 fully saturated rings. The molecule has 3 aromatic carbocycles. The number of carbonyl (C=O) groups excluding carboxylic acids is 2. The number of aryl methyl sites for hydroxylation is 1. The number of carbonyl (C=O) groups is 2. The Kier molecular flexibility index (Phi) is 5.83. The minimum absolute atomic E-state index is 0.0526. The van der Waals surface area contributed by atoms with E-state index in [1.54, 1.807) is 42.5 Å². The molecular formula is C23H19NO5. The van der Waals surface area contributed by atoms with Crippen LogP contribution in [-0.2, 0) is 4.74 Å². The van der Waals surface area contributed by atoms with E-state index >= 15 is 0 Å². The summed E-state index contributed by atoms with van der Waals surface area (Å²) >= 11 is 0. The Hall–Kier alpha value is -3.80. The zero-order valence-corrected chi connectivity index (χ0v) is 16.0. The van der Waals surface area contributed by atoms with Gasteiger partial charge in [0.2, 0.25) is 5.78 Å². The van der Waals surface area contributed by atoms with Crippen LogP contribution in [0.5, 0.6) is 0 Å². The Labute approximate surface area is 167 Å². The first-order chi connectivity index (χ1) is 13.9. The van der Waals surface area contributed by atoms with Crippen molar-refractivity contribution >= 4 is 17.4 Å². The number of nitro benzene ring substituents is 1. The van der Waals surface area contributed by atoms with Gasteiger partial charge in [-0.15, -0.1) is 0 Å². The zero-order chi connectivity index (χ0) is 21.0. The van der Waals surface area contributed by atoms with Gasteiger partial charge in [0.1, 0.15) is 0 Å². The molecule has 0 aliphatic rings. The van der Waals surface area contributed by atoms with E-state index in [9.17, 15) is 19.7 Å². The second-order valence-electron chi connectivity index (χ2n) is 6.63. The first-order valence-corrected chi connectivity index (χ1v) is 8.99. The number of ketones is 1. The van der Waals surface area contributed by atoms with Gasteiger partial charge in [-0.1, -0.05) is 66.2 Å². The van der Waals surface area contributed by atoms with Gasteiger partial charge in [0.15, 0.2) is 6.10 Å². The predicted molar refractivity (Wildman–Crippen MR) is 108 cm³/mol. The maximum absolute atomic E-state index is 13.1. The fourth-order valence-electron chi connectivity index (χ4n) is 2.98. The fraction of sp³-hybridized carbons (Fsp3) is 0.130. The first kappa shape index (κ1) is 19.9. The molecule has 6 nitrogen and oxygen atoms in total. The Morgan fingerprint density at radius 3 is 2.17 bits per heavy atom. The highest BCUT2D eigenvalue weighted by molar-refractivity contribution is 6.02. The van der Waals surface area contributed by atoms with E-state index in [4.69, 9.17) is 4.74 Å². The number of hydrogen-bond acceptors (Lipinski definition) is 5. The molecule has 3 rings (SSSR count). The largest absolute Gasteiger partial charge is 0.445 e. The standard InChI is InChI=1S/C23H19NO5/c1-15-11-13-17(14-12-15)21(25)22(18-7-4-3-5-8-18)29-23(26)19-9-6-10-20(16(19)2)24(27)28/h3-14,22H,1-2H3/t22-/m1/s1. The van der Waals surface area contributed by atoms with Crippen LogP contribution in [0.3, 0.4) is 0 Å². The van der Waals surface area contributed by atoms with Gasteiger partial charge in [-0.25, -0.2) is 4.79 Å². The molecule has 0 aliphatic heterocycles. The van der Waals surface area contributed by atoms with Gasteiger partial charge in [0, 0.05) is 22.8 Å². The van der Waals surface area contributed by atoms with Crippen LogP contribution < -0.4 is 0 Å². The Bertz CT molecular complexity index is 1060. The van der Waals surface area contributed by atoms with Crippen LogP contribution in [0.1, 0.15) is 43.5 Å². The molecule has 0 saturated heterocycles. The molecule has 0 N–H and O–H groups in total. The van der Waals surface area contributed by atoms with Crippen molar-refractivity contribution < 1.29 is 19.2 Å². The van der Waals surface area contributed by atoms with Crippen molar-refractivity contribution in [3.63, 3.8) is 0 Å². The number of nitro groups is 1. The molecule has 0 unspecified atom stereocenters. The van der Waals surface area contributed by atoms with Gasteiger partial charge in [-0.05, 0) is 19.9 Å². The summed E-state index contributed by atoms with van der Waals surface area (Å²) in [6, 6.07) is 19.8. The van der Waals surface area contributed by atoms with Gasteiger partial charge in [-0.3, -0.25) is 14.9 Å². The third kappa shape index (κ3) is 4.38. The van der Waals surface area contributed by atoms with Crippen molar-refractivity contribution in [1.29, 1.82) is 0 Å². The lowest BCUT2D eigenvalue weighted by molar-refractivity contribution is -0.385. The summed E-state index contributed by atoms with van der Waals surface area (Å²) in [5, 5.41) is 11.2. The Morgan fingerprint density at radius 1 is 0.897 bits per heavy atom. The summed E-state index contributed by atoms with van der Waals surface area (Å²) in [7, 11) is 0. The highest BCUT2D eigenvalue weighted by Gasteiger charge is 2.28. The number of Topliss-reactive ketones (excluding diaryl/α,β-unsaturated/α-hetero) is 1. The molecule has 0 aliphatic carbocycles. The molecule has 1 atom stereocenters. The number of nitrogens with zero attached hydrogens (tertiary/aromatic N) is 1. The van der Waals surface area contributed by atoms with Crippen LogP contribution in [0.4, 0.5) is 5.69 Å². The molecule has 6 heteroatoms. The summed E-state index contributed by atoms with van der Waals surface area (Å²) in [6.45, 7) is 3.39. The van der Waals surface area contributed by atoms with E-state index in [2.05, 4.69) is 0 Å². The lowest BCUT2D eigenvalue weighted by Crippen LogP contribution is -2.21. The van der Waals surface area contributed by atoms with Crippen LogP contribution in [0.25, 0.3) is 0 Å². The van der Waals surface area contributed by atoms with Crippen molar-refractivity contribution in [2.24, 2.45) is 0 Å². The van der Waals surface area contributed by atoms with E-state index in [1.807, 2.05) is 19.1 Å². The molecular weight excluding hydrogens is 370 g/mol. The topological polar surface area (TPSA) is 86.5 Å². The summed E-state index contributed by atoms with van der Waals surface area (Å²) in [5.41, 5.74) is 2.00. The third-order valence-corrected chi connectivity index (χ3v) is 4.62. The Balaban J connectivity index is 1.97. The minimum Gasteiger partial charge on any atom is -0.445 e. The van der Waals surface area contributed by atoms with Gasteiger partial charge < -0.3 is 4.74 Å². The van der Waals surface area contributed by atoms with Crippen LogP contribution in [-0.4, -0.2) is 16.7 Å². The number of ether oxygens (including phenoxy) is 1. The molecule has 0 amide bonds. The lowest BCUT2D eigenvalue weighted by Gasteiger charge is -2.18. The van der Waals surface area contributed by atoms with Crippen LogP contribution in [0.2, 0.25) is 0 Å². The van der Waals surface area contributed by atoms with Gasteiger partial charge in [0.05, 0.1) is 10.5 Å². The maximum Gasteiger partial charge on any atom is 0.339 e. The molecule has 0 aromatic heterocycles. The molecule has 29 heavy (non-hydrogen) atoms. The van der Waals surface area contributed by atoms with Crippen LogP contribution >= 0.6 is 0 Å². The highest BCUT2D eigenvalue weighted by Crippen LogP contribution is 2.27. The summed E-state index contributed by atoms with van der Waals surface area (Å²) < 4.78 is 5.57. The average molecular weight is 389 g/mol.